The Hall–Kier alpha value is -1.32. The van der Waals surface area contributed by atoms with Gasteiger partial charge in [0, 0.05) is 12.5 Å². The van der Waals surface area contributed by atoms with Gasteiger partial charge in [-0.15, -0.1) is 6.58 Å². The molecular weight excluding hydrogens is 242 g/mol. The molecule has 1 amide bonds. The monoisotopic (exact) mass is 267 g/mol. The van der Waals surface area contributed by atoms with Crippen molar-refractivity contribution in [3.05, 3.63) is 12.7 Å². The highest BCUT2D eigenvalue weighted by atomic mass is 16.5. The van der Waals surface area contributed by atoms with Gasteiger partial charge in [-0.1, -0.05) is 13.0 Å². The molecule has 0 N–H and O–H groups in total. The Morgan fingerprint density at radius 1 is 1.32 bits per heavy atom. The fourth-order valence-corrected chi connectivity index (χ4v) is 2.52. The topological polar surface area (TPSA) is 46.6 Å². The first-order chi connectivity index (χ1) is 9.08. The van der Waals surface area contributed by atoms with Gasteiger partial charge in [0.1, 0.15) is 6.54 Å². The van der Waals surface area contributed by atoms with Crippen molar-refractivity contribution < 1.29 is 14.3 Å². The molecular formula is C15H25NO3. The Balaban J connectivity index is 2.56. The molecule has 0 heterocycles. The largest absolute Gasteiger partial charge is 0.465 e. The van der Waals surface area contributed by atoms with Crippen LogP contribution in [0.15, 0.2) is 12.7 Å². The van der Waals surface area contributed by atoms with E-state index in [-0.39, 0.29) is 24.3 Å². The summed E-state index contributed by atoms with van der Waals surface area (Å²) in [6.07, 6.45) is 5.70. The number of rotatable bonds is 6. The van der Waals surface area contributed by atoms with Gasteiger partial charge < -0.3 is 9.64 Å². The molecule has 0 unspecified atom stereocenters. The van der Waals surface area contributed by atoms with Crippen LogP contribution in [0, 0.1) is 11.8 Å². The molecule has 108 valence electrons. The maximum absolute atomic E-state index is 12.4. The Morgan fingerprint density at radius 3 is 2.47 bits per heavy atom. The average molecular weight is 267 g/mol. The first-order valence-electron chi connectivity index (χ1n) is 7.13. The molecule has 0 aromatic rings. The van der Waals surface area contributed by atoms with Crippen molar-refractivity contribution >= 4 is 11.9 Å². The number of esters is 1. The van der Waals surface area contributed by atoms with Crippen LogP contribution in [-0.4, -0.2) is 36.5 Å². The van der Waals surface area contributed by atoms with Crippen molar-refractivity contribution in [2.24, 2.45) is 11.8 Å². The van der Waals surface area contributed by atoms with Gasteiger partial charge in [-0.2, -0.15) is 0 Å². The van der Waals surface area contributed by atoms with E-state index in [0.717, 1.165) is 25.7 Å². The third-order valence-electron chi connectivity index (χ3n) is 3.65. The molecule has 0 aromatic heterocycles. The second-order valence-corrected chi connectivity index (χ2v) is 5.27. The summed E-state index contributed by atoms with van der Waals surface area (Å²) in [4.78, 5) is 25.5. The number of hydrogen-bond acceptors (Lipinski definition) is 3. The molecule has 0 spiro atoms. The van der Waals surface area contributed by atoms with Crippen LogP contribution in [-0.2, 0) is 14.3 Å². The van der Waals surface area contributed by atoms with Crippen LogP contribution in [0.1, 0.15) is 39.5 Å². The highest BCUT2D eigenvalue weighted by Gasteiger charge is 2.28. The lowest BCUT2D eigenvalue weighted by Crippen LogP contribution is -2.41. The van der Waals surface area contributed by atoms with Crippen LogP contribution in [0.5, 0.6) is 0 Å². The van der Waals surface area contributed by atoms with E-state index in [1.807, 2.05) is 0 Å². The zero-order valence-electron chi connectivity index (χ0n) is 12.1. The maximum Gasteiger partial charge on any atom is 0.325 e. The average Bonchev–Trinajstić information content (AvgIpc) is 2.38. The smallest absolute Gasteiger partial charge is 0.325 e. The van der Waals surface area contributed by atoms with Crippen LogP contribution in [0.2, 0.25) is 0 Å². The van der Waals surface area contributed by atoms with Gasteiger partial charge in [0.05, 0.1) is 6.61 Å². The van der Waals surface area contributed by atoms with E-state index < -0.39 is 0 Å². The molecule has 19 heavy (non-hydrogen) atoms. The molecule has 1 rings (SSSR count). The fourth-order valence-electron chi connectivity index (χ4n) is 2.52. The predicted molar refractivity (Wildman–Crippen MR) is 74.5 cm³/mol. The van der Waals surface area contributed by atoms with Crippen molar-refractivity contribution in [3.63, 3.8) is 0 Å². The minimum absolute atomic E-state index is 0.0325. The standard InChI is InChI=1S/C15H25NO3/c1-4-10-16(11-14(17)19-5-2)15(18)13-8-6-12(3)7-9-13/h4,12-13H,1,5-11H2,2-3H3. The molecule has 0 radical (unpaired) electrons. The molecule has 0 aliphatic heterocycles. The number of carbonyl (C=O) groups is 2. The van der Waals surface area contributed by atoms with Crippen LogP contribution in [0.25, 0.3) is 0 Å². The molecule has 4 heteroatoms. The Labute approximate surface area is 115 Å². The first kappa shape index (κ1) is 15.7. The summed E-state index contributed by atoms with van der Waals surface area (Å²) in [5.41, 5.74) is 0. The van der Waals surface area contributed by atoms with Gasteiger partial charge in [0.2, 0.25) is 5.91 Å². The zero-order valence-corrected chi connectivity index (χ0v) is 12.1. The van der Waals surface area contributed by atoms with Gasteiger partial charge in [0.15, 0.2) is 0 Å². The van der Waals surface area contributed by atoms with Crippen LogP contribution < -0.4 is 0 Å². The van der Waals surface area contributed by atoms with E-state index >= 15 is 0 Å². The van der Waals surface area contributed by atoms with Crippen LogP contribution in [0.4, 0.5) is 0 Å². The molecule has 0 aromatic carbocycles. The molecule has 1 fully saturated rings. The second kappa shape index (κ2) is 7.97. The molecule has 4 nitrogen and oxygen atoms in total. The fraction of sp³-hybridized carbons (Fsp3) is 0.733. The maximum atomic E-state index is 12.4. The molecule has 0 saturated heterocycles. The summed E-state index contributed by atoms with van der Waals surface area (Å²) in [5.74, 6) is 0.495. The summed E-state index contributed by atoms with van der Waals surface area (Å²) in [6.45, 7) is 8.42. The van der Waals surface area contributed by atoms with E-state index in [1.165, 1.54) is 0 Å². The molecule has 0 bridgehead atoms. The minimum Gasteiger partial charge on any atom is -0.465 e. The normalized spacial score (nSPS) is 22.6. The Bertz CT molecular complexity index is 319. The van der Waals surface area contributed by atoms with Crippen molar-refractivity contribution in [1.29, 1.82) is 0 Å². The van der Waals surface area contributed by atoms with Gasteiger partial charge in [-0.3, -0.25) is 9.59 Å². The number of amides is 1. The summed E-state index contributed by atoms with van der Waals surface area (Å²) >= 11 is 0. The second-order valence-electron chi connectivity index (χ2n) is 5.27. The van der Waals surface area contributed by atoms with Crippen molar-refractivity contribution in [2.45, 2.75) is 39.5 Å². The van der Waals surface area contributed by atoms with E-state index in [4.69, 9.17) is 4.74 Å². The quantitative estimate of drug-likeness (QED) is 0.548. The van der Waals surface area contributed by atoms with Crippen molar-refractivity contribution in [2.75, 3.05) is 19.7 Å². The van der Waals surface area contributed by atoms with Gasteiger partial charge in [-0.05, 0) is 38.5 Å². The predicted octanol–water partition coefficient (Wildman–Crippen LogP) is 2.39. The van der Waals surface area contributed by atoms with Crippen molar-refractivity contribution in [1.82, 2.24) is 4.90 Å². The number of nitrogens with zero attached hydrogens (tertiary/aromatic N) is 1. The van der Waals surface area contributed by atoms with Gasteiger partial charge >= 0.3 is 5.97 Å². The number of ether oxygens (including phenoxy) is 1. The molecule has 1 aliphatic rings. The number of carbonyl (C=O) groups excluding carboxylic acids is 2. The van der Waals surface area contributed by atoms with Crippen molar-refractivity contribution in [3.8, 4) is 0 Å². The third kappa shape index (κ3) is 5.05. The lowest BCUT2D eigenvalue weighted by molar-refractivity contribution is -0.150. The molecule has 1 aliphatic carbocycles. The summed E-state index contributed by atoms with van der Waals surface area (Å²) in [6, 6.07) is 0. The zero-order chi connectivity index (χ0) is 14.3. The summed E-state index contributed by atoms with van der Waals surface area (Å²) in [5, 5.41) is 0. The summed E-state index contributed by atoms with van der Waals surface area (Å²) < 4.78 is 4.91. The lowest BCUT2D eigenvalue weighted by atomic mass is 9.82. The molecule has 1 saturated carbocycles. The van der Waals surface area contributed by atoms with E-state index in [2.05, 4.69) is 13.5 Å². The van der Waals surface area contributed by atoms with Gasteiger partial charge in [0.25, 0.3) is 0 Å². The third-order valence-corrected chi connectivity index (χ3v) is 3.65. The first-order valence-corrected chi connectivity index (χ1v) is 7.13. The lowest BCUT2D eigenvalue weighted by Gasteiger charge is -2.30. The highest BCUT2D eigenvalue weighted by molar-refractivity contribution is 5.83. The van der Waals surface area contributed by atoms with Crippen LogP contribution >= 0.6 is 0 Å². The van der Waals surface area contributed by atoms with Crippen LogP contribution in [0.3, 0.4) is 0 Å². The highest BCUT2D eigenvalue weighted by Crippen LogP contribution is 2.29. The van der Waals surface area contributed by atoms with E-state index in [0.29, 0.717) is 19.1 Å². The van der Waals surface area contributed by atoms with E-state index in [1.54, 1.807) is 17.9 Å². The SMILES string of the molecule is C=CCN(CC(=O)OCC)C(=O)C1CCC(C)CC1. The van der Waals surface area contributed by atoms with E-state index in [9.17, 15) is 9.59 Å². The summed E-state index contributed by atoms with van der Waals surface area (Å²) in [7, 11) is 0. The number of hydrogen-bond donors (Lipinski definition) is 0. The minimum atomic E-state index is -0.345. The van der Waals surface area contributed by atoms with Gasteiger partial charge in [-0.25, -0.2) is 0 Å². The Morgan fingerprint density at radius 2 is 1.95 bits per heavy atom. The molecule has 0 atom stereocenters. The Kier molecular flexibility index (Phi) is 6.60.